The van der Waals surface area contributed by atoms with Gasteiger partial charge in [0, 0.05) is 0 Å². The van der Waals surface area contributed by atoms with Gasteiger partial charge in [-0.1, -0.05) is 0 Å². The van der Waals surface area contributed by atoms with Gasteiger partial charge in [0.1, 0.15) is 0 Å². The molecule has 0 aliphatic rings. The van der Waals surface area contributed by atoms with Gasteiger partial charge < -0.3 is 9.11 Å². The Labute approximate surface area is 43.8 Å². The topological polar surface area (TPSA) is 63.2 Å². The van der Waals surface area contributed by atoms with Crippen LogP contribution >= 0.6 is 0 Å². The number of hydrogen-bond donors (Lipinski definition) is 0. The minimum Gasteiger partial charge on any atom is -0.784 e. The molecule has 0 fully saturated rings. The van der Waals surface area contributed by atoms with Crippen molar-refractivity contribution in [3.63, 3.8) is 0 Å². The predicted octanol–water partition coefficient (Wildman–Crippen LogP) is -0.894. The third kappa shape index (κ3) is 88.6. The van der Waals surface area contributed by atoms with Gasteiger partial charge in [-0.05, 0) is 0 Å². The van der Waals surface area contributed by atoms with Crippen molar-refractivity contribution in [2.45, 2.75) is 0 Å². The van der Waals surface area contributed by atoms with Crippen molar-refractivity contribution >= 4 is 11.4 Å². The molecule has 0 aliphatic carbocycles. The van der Waals surface area contributed by atoms with Crippen molar-refractivity contribution in [3.05, 3.63) is 0 Å². The van der Waals surface area contributed by atoms with Crippen LogP contribution in [0.3, 0.4) is 0 Å². The first-order chi connectivity index (χ1) is 1.73. The molecule has 0 atom stereocenters. The molecule has 0 aliphatic heterocycles. The Bertz CT molecular complexity index is 33.8. The summed E-state index contributed by atoms with van der Waals surface area (Å²) in [6, 6.07) is 0. The smallest absolute Gasteiger partial charge is 0.784 e. The zero-order chi connectivity index (χ0) is 3.58. The van der Waals surface area contributed by atoms with Crippen LogP contribution < -0.4 is 0 Å². The van der Waals surface area contributed by atoms with Crippen molar-refractivity contribution in [3.8, 4) is 0 Å². The molecule has 5 heavy (non-hydrogen) atoms. The Kier molecular flexibility index (Phi) is 8.39. The van der Waals surface area contributed by atoms with Gasteiger partial charge in [0.2, 0.25) is 0 Å². The molecule has 0 rings (SSSR count). The fraction of sp³-hybridized carbons (Fsp3) is 0. The molecule has 0 heterocycles. The Morgan fingerprint density at radius 2 is 1.60 bits per heavy atom. The average molecular weight is 145 g/mol. The molecule has 0 saturated carbocycles. The summed E-state index contributed by atoms with van der Waals surface area (Å²) in [5.74, 6) is 0. The van der Waals surface area contributed by atoms with Crippen molar-refractivity contribution in [1.29, 1.82) is 0 Å². The summed E-state index contributed by atoms with van der Waals surface area (Å²) < 4.78 is 25.3. The molecular formula is HCuO3S+. The molecule has 0 aromatic rings. The van der Waals surface area contributed by atoms with E-state index in [9.17, 15) is 0 Å². The molecule has 0 aromatic heterocycles. The first-order valence-electron chi connectivity index (χ1n) is 0.500. The van der Waals surface area contributed by atoms with Crippen LogP contribution in [0, 0.1) is 0 Å². The van der Waals surface area contributed by atoms with Crippen molar-refractivity contribution in [2.24, 2.45) is 0 Å². The normalized spacial score (nSPS) is 7.00. The van der Waals surface area contributed by atoms with Gasteiger partial charge >= 0.3 is 18.5 Å². The second-order valence-corrected chi connectivity index (χ2v) is 0.612. The second-order valence-electron chi connectivity index (χ2n) is 0.204. The summed E-state index contributed by atoms with van der Waals surface area (Å²) in [4.78, 5) is 0. The van der Waals surface area contributed by atoms with E-state index in [0.717, 1.165) is 0 Å². The van der Waals surface area contributed by atoms with Gasteiger partial charge in [-0.3, -0.25) is 4.21 Å². The Hall–Kier alpha value is 0.589. The predicted molar refractivity (Wildman–Crippen MR) is 10.8 cm³/mol. The molecule has 0 N–H and O–H groups in total. The maximum Gasteiger partial charge on any atom is 2.00 e. The second kappa shape index (κ2) is 4.59. The van der Waals surface area contributed by atoms with E-state index in [1.165, 1.54) is 0 Å². The fourth-order valence-corrected chi connectivity index (χ4v) is 0. The van der Waals surface area contributed by atoms with Crippen molar-refractivity contribution in [1.82, 2.24) is 0 Å². The largest absolute Gasteiger partial charge is 2.00 e. The van der Waals surface area contributed by atoms with Gasteiger partial charge in [0.05, 0.1) is 0 Å². The van der Waals surface area contributed by atoms with Crippen molar-refractivity contribution < 1.29 is 31.8 Å². The van der Waals surface area contributed by atoms with Crippen LogP contribution in [0.4, 0.5) is 0 Å². The van der Waals surface area contributed by atoms with Gasteiger partial charge in [0.15, 0.2) is 0 Å². The summed E-state index contributed by atoms with van der Waals surface area (Å²) in [7, 11) is 0. The van der Waals surface area contributed by atoms with Gasteiger partial charge in [-0.15, -0.1) is 11.4 Å². The van der Waals surface area contributed by atoms with Crippen LogP contribution in [-0.2, 0) is 28.4 Å². The van der Waals surface area contributed by atoms with Gasteiger partial charge in [-0.2, -0.15) is 0 Å². The minimum atomic E-state index is -3.11. The van der Waals surface area contributed by atoms with E-state index in [0.29, 0.717) is 0 Å². The molecule has 35 valence electrons. The summed E-state index contributed by atoms with van der Waals surface area (Å²) in [5, 5.41) is 0. The van der Waals surface area contributed by atoms with Crippen LogP contribution in [0.5, 0.6) is 0 Å². The number of rotatable bonds is 0. The third-order valence-electron chi connectivity index (χ3n) is 0. The Morgan fingerprint density at radius 3 is 1.60 bits per heavy atom. The van der Waals surface area contributed by atoms with Crippen molar-refractivity contribution in [2.75, 3.05) is 0 Å². The average Bonchev–Trinajstić information content (AvgIpc) is 0.811. The maximum atomic E-state index is 8.44. The summed E-state index contributed by atoms with van der Waals surface area (Å²) in [6.07, 6.45) is 0. The standard InChI is InChI=1S/Cu.H2O3S/c;1-4(2)3/h;(H2,1,2,3)/q+2;/p-1. The molecule has 0 spiro atoms. The molecule has 5 heteroatoms. The fourth-order valence-electron chi connectivity index (χ4n) is 0. The van der Waals surface area contributed by atoms with Crippen LogP contribution in [0.15, 0.2) is 0 Å². The summed E-state index contributed by atoms with van der Waals surface area (Å²) in [6.45, 7) is 0. The van der Waals surface area contributed by atoms with E-state index in [2.05, 4.69) is 0 Å². The van der Waals surface area contributed by atoms with Crippen LogP contribution in [0.2, 0.25) is 0 Å². The molecule has 0 bridgehead atoms. The zero-order valence-electron chi connectivity index (χ0n) is 2.93. The molecule has 0 amide bonds. The van der Waals surface area contributed by atoms with Crippen LogP contribution in [-0.4, -0.2) is 13.3 Å². The van der Waals surface area contributed by atoms with E-state index < -0.39 is 11.4 Å². The van der Waals surface area contributed by atoms with Crippen LogP contribution in [0.1, 0.15) is 1.43 Å². The Balaban J connectivity index is -0.0000000450. The SMILES string of the molecule is O=S([O-])[O-].[Cu+2].[H+]. The minimum absolute atomic E-state index is 0. The van der Waals surface area contributed by atoms with E-state index >= 15 is 0 Å². The molecule has 0 unspecified atom stereocenters. The monoisotopic (exact) mass is 144 g/mol. The molecular weight excluding hydrogens is 144 g/mol. The molecule has 1 radical (unpaired) electrons. The summed E-state index contributed by atoms with van der Waals surface area (Å²) >= 11 is -3.11. The first kappa shape index (κ1) is 9.14. The molecule has 0 aromatic carbocycles. The van der Waals surface area contributed by atoms with Gasteiger partial charge in [-0.25, -0.2) is 0 Å². The van der Waals surface area contributed by atoms with E-state index in [1.807, 2.05) is 0 Å². The molecule has 0 saturated heterocycles. The van der Waals surface area contributed by atoms with E-state index in [1.54, 1.807) is 0 Å². The number of hydrogen-bond acceptors (Lipinski definition) is 3. The first-order valence-corrected chi connectivity index (χ1v) is 1.50. The van der Waals surface area contributed by atoms with E-state index in [-0.39, 0.29) is 18.5 Å². The quantitative estimate of drug-likeness (QED) is 0.327. The van der Waals surface area contributed by atoms with Gasteiger partial charge in [0.25, 0.3) is 0 Å². The third-order valence-corrected chi connectivity index (χ3v) is 0. The van der Waals surface area contributed by atoms with Crippen LogP contribution in [0.25, 0.3) is 0 Å². The van der Waals surface area contributed by atoms with E-state index in [4.69, 9.17) is 13.3 Å². The summed E-state index contributed by atoms with van der Waals surface area (Å²) in [5.41, 5.74) is 0. The molecule has 3 nitrogen and oxygen atoms in total. The zero-order valence-corrected chi connectivity index (χ0v) is 3.69. The Morgan fingerprint density at radius 1 is 1.60 bits per heavy atom. The maximum absolute atomic E-state index is 8.44.